The van der Waals surface area contributed by atoms with Crippen LogP contribution >= 0.6 is 0 Å². The highest BCUT2D eigenvalue weighted by Gasteiger charge is 2.23. The first kappa shape index (κ1) is 16.1. The molecule has 0 radical (unpaired) electrons. The van der Waals surface area contributed by atoms with Gasteiger partial charge in [-0.15, -0.1) is 0 Å². The Morgan fingerprint density at radius 3 is 2.37 bits per heavy atom. The van der Waals surface area contributed by atoms with Crippen LogP contribution in [0.1, 0.15) is 38.8 Å². The maximum Gasteiger partial charge on any atom is 0.176 e. The summed E-state index contributed by atoms with van der Waals surface area (Å²) in [7, 11) is 0. The normalized spacial score (nSPS) is 12.9. The molecule has 1 rings (SSSR count). The molecule has 1 N–H and O–H groups in total. The summed E-state index contributed by atoms with van der Waals surface area (Å²) >= 11 is 0. The fourth-order valence-corrected chi connectivity index (χ4v) is 1.94. The standard InChI is InChI=1S/C15H24FNO2/c1-4-10-17-14(15(18-5-2)19-6-3)12-8-7-9-13(16)11-12/h7-9,11,14-15,17H,4-6,10H2,1-3H3. The third-order valence-corrected chi connectivity index (χ3v) is 2.76. The zero-order valence-electron chi connectivity index (χ0n) is 12.0. The highest BCUT2D eigenvalue weighted by Crippen LogP contribution is 2.21. The van der Waals surface area contributed by atoms with E-state index in [9.17, 15) is 4.39 Å². The minimum absolute atomic E-state index is 0.157. The van der Waals surface area contributed by atoms with Gasteiger partial charge in [0.2, 0.25) is 0 Å². The smallest absolute Gasteiger partial charge is 0.176 e. The Labute approximate surface area is 115 Å². The molecule has 0 bridgehead atoms. The second-order valence-corrected chi connectivity index (χ2v) is 4.27. The molecule has 0 amide bonds. The topological polar surface area (TPSA) is 30.5 Å². The predicted octanol–water partition coefficient (Wildman–Crippen LogP) is 3.27. The van der Waals surface area contributed by atoms with Gasteiger partial charge in [0.1, 0.15) is 5.82 Å². The average Bonchev–Trinajstić information content (AvgIpc) is 2.40. The Morgan fingerprint density at radius 1 is 1.16 bits per heavy atom. The van der Waals surface area contributed by atoms with Gasteiger partial charge in [-0.2, -0.15) is 0 Å². The molecule has 1 unspecified atom stereocenters. The van der Waals surface area contributed by atoms with Gasteiger partial charge >= 0.3 is 0 Å². The molecule has 1 aromatic rings. The molecule has 1 atom stereocenters. The fourth-order valence-electron chi connectivity index (χ4n) is 1.94. The van der Waals surface area contributed by atoms with Crippen LogP contribution in [0.4, 0.5) is 4.39 Å². The molecule has 0 aliphatic carbocycles. The summed E-state index contributed by atoms with van der Waals surface area (Å²) in [6.07, 6.45) is 0.597. The summed E-state index contributed by atoms with van der Waals surface area (Å²) in [5.74, 6) is -0.243. The van der Waals surface area contributed by atoms with Gasteiger partial charge in [-0.1, -0.05) is 19.1 Å². The van der Waals surface area contributed by atoms with Gasteiger partial charge < -0.3 is 14.8 Å². The van der Waals surface area contributed by atoms with Gasteiger partial charge in [0.15, 0.2) is 6.29 Å². The second kappa shape index (κ2) is 9.02. The van der Waals surface area contributed by atoms with E-state index in [-0.39, 0.29) is 11.9 Å². The molecule has 0 aliphatic rings. The first-order chi connectivity index (χ1) is 9.22. The lowest BCUT2D eigenvalue weighted by atomic mass is 10.1. The molecule has 0 aliphatic heterocycles. The highest BCUT2D eigenvalue weighted by molar-refractivity contribution is 5.20. The average molecular weight is 269 g/mol. The number of halogens is 1. The van der Waals surface area contributed by atoms with Crippen molar-refractivity contribution in [1.29, 1.82) is 0 Å². The van der Waals surface area contributed by atoms with Crippen LogP contribution in [0, 0.1) is 5.82 Å². The molecule has 4 heteroatoms. The number of hydrogen-bond donors (Lipinski definition) is 1. The van der Waals surface area contributed by atoms with E-state index in [0.29, 0.717) is 13.2 Å². The van der Waals surface area contributed by atoms with Crippen LogP contribution in [-0.4, -0.2) is 26.0 Å². The lowest BCUT2D eigenvalue weighted by Crippen LogP contribution is -2.36. The van der Waals surface area contributed by atoms with Crippen LogP contribution in [-0.2, 0) is 9.47 Å². The third kappa shape index (κ3) is 5.27. The summed E-state index contributed by atoms with van der Waals surface area (Å²) in [4.78, 5) is 0. The van der Waals surface area contributed by atoms with Crippen LogP contribution < -0.4 is 5.32 Å². The number of nitrogens with one attached hydrogen (secondary N) is 1. The Hall–Kier alpha value is -0.970. The van der Waals surface area contributed by atoms with E-state index in [1.807, 2.05) is 19.9 Å². The number of hydrogen-bond acceptors (Lipinski definition) is 3. The van der Waals surface area contributed by atoms with E-state index in [1.165, 1.54) is 12.1 Å². The molecule has 0 aromatic heterocycles. The Kier molecular flexibility index (Phi) is 7.63. The van der Waals surface area contributed by atoms with Crippen LogP contribution in [0.2, 0.25) is 0 Å². The van der Waals surface area contributed by atoms with Gasteiger partial charge in [0, 0.05) is 13.2 Å². The first-order valence-electron chi connectivity index (χ1n) is 6.94. The van der Waals surface area contributed by atoms with Crippen LogP contribution in [0.15, 0.2) is 24.3 Å². The third-order valence-electron chi connectivity index (χ3n) is 2.76. The molecule has 0 saturated carbocycles. The quantitative estimate of drug-likeness (QED) is 0.698. The Balaban J connectivity index is 2.90. The van der Waals surface area contributed by atoms with Crippen molar-refractivity contribution in [2.45, 2.75) is 39.5 Å². The number of ether oxygens (including phenoxy) is 2. The summed E-state index contributed by atoms with van der Waals surface area (Å²) in [6, 6.07) is 6.41. The van der Waals surface area contributed by atoms with Crippen molar-refractivity contribution in [3.05, 3.63) is 35.6 Å². The lowest BCUT2D eigenvalue weighted by molar-refractivity contribution is -0.155. The van der Waals surface area contributed by atoms with Crippen molar-refractivity contribution in [1.82, 2.24) is 5.32 Å². The second-order valence-electron chi connectivity index (χ2n) is 4.27. The largest absolute Gasteiger partial charge is 0.351 e. The Morgan fingerprint density at radius 2 is 1.84 bits per heavy atom. The van der Waals surface area contributed by atoms with Crippen LogP contribution in [0.5, 0.6) is 0 Å². The van der Waals surface area contributed by atoms with Gasteiger partial charge in [0.25, 0.3) is 0 Å². The van der Waals surface area contributed by atoms with Crippen molar-refractivity contribution in [3.8, 4) is 0 Å². The summed E-state index contributed by atoms with van der Waals surface area (Å²) in [5, 5.41) is 3.37. The molecule has 0 fully saturated rings. The predicted molar refractivity (Wildman–Crippen MR) is 74.5 cm³/mol. The zero-order chi connectivity index (χ0) is 14.1. The van der Waals surface area contributed by atoms with E-state index in [4.69, 9.17) is 9.47 Å². The highest BCUT2D eigenvalue weighted by atomic mass is 19.1. The maximum absolute atomic E-state index is 13.4. The molecular weight excluding hydrogens is 245 g/mol. The molecule has 108 valence electrons. The molecule has 3 nitrogen and oxygen atoms in total. The molecule has 0 heterocycles. The minimum atomic E-state index is -0.400. The fraction of sp³-hybridized carbons (Fsp3) is 0.600. The van der Waals surface area contributed by atoms with E-state index in [1.54, 1.807) is 6.07 Å². The summed E-state index contributed by atoms with van der Waals surface area (Å²) in [5.41, 5.74) is 0.848. The molecule has 0 spiro atoms. The number of rotatable bonds is 9. The molecule has 19 heavy (non-hydrogen) atoms. The Bertz CT molecular complexity index is 354. The number of benzene rings is 1. The van der Waals surface area contributed by atoms with E-state index in [2.05, 4.69) is 12.2 Å². The molecule has 0 saturated heterocycles. The van der Waals surface area contributed by atoms with Crippen molar-refractivity contribution >= 4 is 0 Å². The van der Waals surface area contributed by atoms with Gasteiger partial charge in [-0.25, -0.2) is 4.39 Å². The minimum Gasteiger partial charge on any atom is -0.351 e. The van der Waals surface area contributed by atoms with E-state index in [0.717, 1.165) is 18.5 Å². The molecule has 1 aromatic carbocycles. The van der Waals surface area contributed by atoms with Crippen LogP contribution in [0.25, 0.3) is 0 Å². The van der Waals surface area contributed by atoms with Gasteiger partial charge in [0.05, 0.1) is 6.04 Å². The van der Waals surface area contributed by atoms with Crippen molar-refractivity contribution in [2.24, 2.45) is 0 Å². The van der Waals surface area contributed by atoms with Crippen molar-refractivity contribution in [3.63, 3.8) is 0 Å². The molecular formula is C15H24FNO2. The SMILES string of the molecule is CCCNC(c1cccc(F)c1)C(OCC)OCC. The first-order valence-corrected chi connectivity index (χ1v) is 6.94. The zero-order valence-corrected chi connectivity index (χ0v) is 12.0. The van der Waals surface area contributed by atoms with Crippen molar-refractivity contribution < 1.29 is 13.9 Å². The maximum atomic E-state index is 13.4. The summed E-state index contributed by atoms with van der Waals surface area (Å²) < 4.78 is 24.6. The van der Waals surface area contributed by atoms with E-state index < -0.39 is 6.29 Å². The van der Waals surface area contributed by atoms with E-state index >= 15 is 0 Å². The van der Waals surface area contributed by atoms with Crippen LogP contribution in [0.3, 0.4) is 0 Å². The monoisotopic (exact) mass is 269 g/mol. The van der Waals surface area contributed by atoms with Gasteiger partial charge in [-0.05, 0) is 44.5 Å². The lowest BCUT2D eigenvalue weighted by Gasteiger charge is -2.28. The summed E-state index contributed by atoms with van der Waals surface area (Å²) in [6.45, 7) is 7.89. The van der Waals surface area contributed by atoms with Gasteiger partial charge in [-0.3, -0.25) is 0 Å². The van der Waals surface area contributed by atoms with Crippen molar-refractivity contribution in [2.75, 3.05) is 19.8 Å².